The molecule has 4 aromatic rings. The average molecular weight is 396 g/mol. The molecule has 0 unspecified atom stereocenters. The Bertz CT molecular complexity index is 1260. The second-order valence-electron chi connectivity index (χ2n) is 7.20. The number of hydrogen-bond donors (Lipinski definition) is 1. The minimum Gasteiger partial charge on any atom is -0.506 e. The van der Waals surface area contributed by atoms with E-state index in [4.69, 9.17) is 0 Å². The number of fused-ring (bicyclic) bond motifs is 1. The van der Waals surface area contributed by atoms with Crippen molar-refractivity contribution in [3.8, 4) is 28.1 Å². The van der Waals surface area contributed by atoms with E-state index in [9.17, 15) is 14.7 Å². The number of carbonyl (C=O) groups excluding carboxylic acids is 2. The van der Waals surface area contributed by atoms with Crippen molar-refractivity contribution in [1.29, 1.82) is 0 Å². The molecule has 0 aliphatic heterocycles. The van der Waals surface area contributed by atoms with Crippen molar-refractivity contribution in [2.75, 3.05) is 14.1 Å². The van der Waals surface area contributed by atoms with Gasteiger partial charge >= 0.3 is 0 Å². The first-order chi connectivity index (χ1) is 14.5. The van der Waals surface area contributed by atoms with Gasteiger partial charge in [-0.1, -0.05) is 54.6 Å². The summed E-state index contributed by atoms with van der Waals surface area (Å²) in [4.78, 5) is 30.0. The maximum atomic E-state index is 12.6. The molecule has 0 aliphatic rings. The maximum Gasteiger partial charge on any atom is 0.257 e. The number of pyridine rings is 1. The molecule has 0 bridgehead atoms. The Morgan fingerprint density at radius 1 is 0.933 bits per heavy atom. The van der Waals surface area contributed by atoms with Crippen LogP contribution in [-0.4, -0.2) is 41.3 Å². The fourth-order valence-corrected chi connectivity index (χ4v) is 3.55. The molecule has 5 heteroatoms. The fraction of sp³-hybridized carbons (Fsp3) is 0.0800. The van der Waals surface area contributed by atoms with E-state index < -0.39 is 0 Å². The third kappa shape index (κ3) is 3.31. The number of aldehydes is 1. The van der Waals surface area contributed by atoms with Crippen LogP contribution in [0.3, 0.4) is 0 Å². The van der Waals surface area contributed by atoms with Crippen molar-refractivity contribution in [2.45, 2.75) is 0 Å². The van der Waals surface area contributed by atoms with Gasteiger partial charge in [0, 0.05) is 42.4 Å². The lowest BCUT2D eigenvalue weighted by molar-refractivity contribution is 0.0825. The summed E-state index contributed by atoms with van der Waals surface area (Å²) in [5.74, 6) is -0.319. The number of aromatic nitrogens is 1. The number of rotatable bonds is 4. The molecule has 0 saturated heterocycles. The van der Waals surface area contributed by atoms with Gasteiger partial charge in [0.2, 0.25) is 0 Å². The summed E-state index contributed by atoms with van der Waals surface area (Å²) < 4.78 is 0. The molecule has 5 nitrogen and oxygen atoms in total. The summed E-state index contributed by atoms with van der Waals surface area (Å²) in [7, 11) is 3.29. The standard InChI is InChI=1S/C25H20N2O3/c1-27(2)25(30)22-13-21(19-9-5-6-10-20(19)24(22)29)23-12-11-16(14-26-23)18-8-4-3-7-17(18)15-28/h3-15,29H,1-2H3. The number of hydrogen-bond acceptors (Lipinski definition) is 4. The van der Waals surface area contributed by atoms with Crippen molar-refractivity contribution >= 4 is 23.0 Å². The summed E-state index contributed by atoms with van der Waals surface area (Å²) in [6.07, 6.45) is 2.54. The van der Waals surface area contributed by atoms with E-state index in [2.05, 4.69) is 4.98 Å². The molecule has 0 aliphatic carbocycles. The number of benzene rings is 3. The molecule has 30 heavy (non-hydrogen) atoms. The first-order valence-corrected chi connectivity index (χ1v) is 9.48. The predicted octanol–water partition coefficient (Wildman–Crippen LogP) is 4.79. The second-order valence-corrected chi connectivity index (χ2v) is 7.20. The third-order valence-corrected chi connectivity index (χ3v) is 5.09. The van der Waals surface area contributed by atoms with Gasteiger partial charge in [-0.3, -0.25) is 14.6 Å². The van der Waals surface area contributed by atoms with Gasteiger partial charge in [0.15, 0.2) is 6.29 Å². The molecule has 1 amide bonds. The van der Waals surface area contributed by atoms with Crippen LogP contribution in [0.15, 0.2) is 72.9 Å². The fourth-order valence-electron chi connectivity index (χ4n) is 3.55. The lowest BCUT2D eigenvalue weighted by Crippen LogP contribution is -2.21. The van der Waals surface area contributed by atoms with Gasteiger partial charge in [0.25, 0.3) is 5.91 Å². The van der Waals surface area contributed by atoms with E-state index in [0.29, 0.717) is 16.6 Å². The molecule has 4 rings (SSSR count). The lowest BCUT2D eigenvalue weighted by atomic mass is 9.95. The van der Waals surface area contributed by atoms with E-state index in [1.165, 1.54) is 4.90 Å². The SMILES string of the molecule is CN(C)C(=O)c1cc(-c2ccc(-c3ccccc3C=O)cn2)c2ccccc2c1O. The number of phenols is 1. The van der Waals surface area contributed by atoms with Crippen LogP contribution in [-0.2, 0) is 0 Å². The minimum atomic E-state index is -0.281. The summed E-state index contributed by atoms with van der Waals surface area (Å²) in [5, 5.41) is 12.1. The predicted molar refractivity (Wildman–Crippen MR) is 118 cm³/mol. The highest BCUT2D eigenvalue weighted by molar-refractivity contribution is 6.08. The first kappa shape index (κ1) is 19.3. The van der Waals surface area contributed by atoms with E-state index in [1.54, 1.807) is 38.5 Å². The van der Waals surface area contributed by atoms with E-state index in [-0.39, 0.29) is 17.2 Å². The zero-order valence-corrected chi connectivity index (χ0v) is 16.7. The van der Waals surface area contributed by atoms with Crippen LogP contribution in [0.4, 0.5) is 0 Å². The molecular formula is C25H20N2O3. The highest BCUT2D eigenvalue weighted by Gasteiger charge is 2.19. The van der Waals surface area contributed by atoms with Crippen molar-refractivity contribution in [3.05, 3.63) is 84.1 Å². The average Bonchev–Trinajstić information content (AvgIpc) is 2.79. The Morgan fingerprint density at radius 3 is 2.30 bits per heavy atom. The smallest absolute Gasteiger partial charge is 0.257 e. The molecule has 1 heterocycles. The third-order valence-electron chi connectivity index (χ3n) is 5.09. The first-order valence-electron chi connectivity index (χ1n) is 9.48. The molecule has 1 aromatic heterocycles. The van der Waals surface area contributed by atoms with Gasteiger partial charge in [-0.25, -0.2) is 0 Å². The van der Waals surface area contributed by atoms with Gasteiger partial charge in [-0.15, -0.1) is 0 Å². The topological polar surface area (TPSA) is 70.5 Å². The van der Waals surface area contributed by atoms with E-state index >= 15 is 0 Å². The molecule has 0 saturated carbocycles. The van der Waals surface area contributed by atoms with Crippen molar-refractivity contribution in [3.63, 3.8) is 0 Å². The van der Waals surface area contributed by atoms with Gasteiger partial charge in [0.05, 0.1) is 11.3 Å². The van der Waals surface area contributed by atoms with Crippen molar-refractivity contribution in [1.82, 2.24) is 9.88 Å². The van der Waals surface area contributed by atoms with E-state index in [1.807, 2.05) is 48.5 Å². The number of nitrogens with zero attached hydrogens (tertiary/aromatic N) is 2. The Morgan fingerprint density at radius 2 is 1.63 bits per heavy atom. The molecule has 0 fully saturated rings. The Hall–Kier alpha value is -3.99. The normalized spacial score (nSPS) is 10.7. The minimum absolute atomic E-state index is 0.0374. The summed E-state index contributed by atoms with van der Waals surface area (Å²) in [5.41, 5.74) is 3.89. The zero-order chi connectivity index (χ0) is 21.3. The summed E-state index contributed by atoms with van der Waals surface area (Å²) in [6.45, 7) is 0. The quantitative estimate of drug-likeness (QED) is 0.504. The number of amides is 1. The Kier molecular flexibility index (Phi) is 5.02. The van der Waals surface area contributed by atoms with Crippen molar-refractivity contribution < 1.29 is 14.7 Å². The summed E-state index contributed by atoms with van der Waals surface area (Å²) in [6, 6.07) is 20.2. The monoisotopic (exact) mass is 396 g/mol. The largest absolute Gasteiger partial charge is 0.506 e. The maximum absolute atomic E-state index is 12.6. The van der Waals surface area contributed by atoms with Crippen LogP contribution in [0.25, 0.3) is 33.2 Å². The van der Waals surface area contributed by atoms with Crippen LogP contribution < -0.4 is 0 Å². The van der Waals surface area contributed by atoms with Gasteiger partial charge in [-0.05, 0) is 23.1 Å². The molecule has 0 atom stereocenters. The van der Waals surface area contributed by atoms with Crippen LogP contribution in [0.5, 0.6) is 5.75 Å². The number of phenolic OH excluding ortho intramolecular Hbond substituents is 1. The second kappa shape index (κ2) is 7.79. The number of carbonyl (C=O) groups is 2. The molecule has 148 valence electrons. The van der Waals surface area contributed by atoms with Crippen LogP contribution in [0.2, 0.25) is 0 Å². The summed E-state index contributed by atoms with van der Waals surface area (Å²) >= 11 is 0. The van der Waals surface area contributed by atoms with E-state index in [0.717, 1.165) is 28.4 Å². The van der Waals surface area contributed by atoms with Gasteiger partial charge in [-0.2, -0.15) is 0 Å². The molecule has 3 aromatic carbocycles. The highest BCUT2D eigenvalue weighted by Crippen LogP contribution is 2.37. The van der Waals surface area contributed by atoms with Crippen LogP contribution in [0, 0.1) is 0 Å². The molecular weight excluding hydrogens is 376 g/mol. The molecule has 0 radical (unpaired) electrons. The lowest BCUT2D eigenvalue weighted by Gasteiger charge is -2.16. The molecule has 1 N–H and O–H groups in total. The Balaban J connectivity index is 1.88. The number of aromatic hydroxyl groups is 1. The Labute approximate surface area is 174 Å². The van der Waals surface area contributed by atoms with Gasteiger partial charge in [0.1, 0.15) is 5.75 Å². The van der Waals surface area contributed by atoms with Crippen LogP contribution in [0.1, 0.15) is 20.7 Å². The van der Waals surface area contributed by atoms with Gasteiger partial charge < -0.3 is 10.0 Å². The van der Waals surface area contributed by atoms with Crippen LogP contribution >= 0.6 is 0 Å². The zero-order valence-electron chi connectivity index (χ0n) is 16.7. The molecule has 0 spiro atoms. The van der Waals surface area contributed by atoms with Crippen molar-refractivity contribution in [2.24, 2.45) is 0 Å². The highest BCUT2D eigenvalue weighted by atomic mass is 16.3.